The van der Waals surface area contributed by atoms with Crippen LogP contribution in [0.5, 0.6) is 5.75 Å². The largest absolute Gasteiger partial charge is 0.483 e. The normalized spacial score (nSPS) is 10.7. The van der Waals surface area contributed by atoms with Gasteiger partial charge in [-0.1, -0.05) is 17.4 Å². The number of hydrogen-bond acceptors (Lipinski definition) is 6. The van der Waals surface area contributed by atoms with E-state index in [-0.39, 0.29) is 18.5 Å². The van der Waals surface area contributed by atoms with Gasteiger partial charge in [0.05, 0.1) is 22.4 Å². The zero-order chi connectivity index (χ0) is 20.3. The summed E-state index contributed by atoms with van der Waals surface area (Å²) in [6.07, 6.45) is 0. The van der Waals surface area contributed by atoms with Crippen molar-refractivity contribution >= 4 is 38.6 Å². The van der Waals surface area contributed by atoms with Crippen molar-refractivity contribution in [3.63, 3.8) is 0 Å². The van der Waals surface area contributed by atoms with Crippen LogP contribution in [0.15, 0.2) is 30.3 Å². The molecule has 1 heterocycles. The maximum absolute atomic E-state index is 12.3. The fourth-order valence-corrected chi connectivity index (χ4v) is 3.69. The first-order valence-electron chi connectivity index (χ1n) is 8.95. The molecule has 1 aromatic heterocycles. The van der Waals surface area contributed by atoms with Gasteiger partial charge in [0.1, 0.15) is 5.75 Å². The number of anilines is 1. The summed E-state index contributed by atoms with van der Waals surface area (Å²) < 4.78 is 11.5. The van der Waals surface area contributed by atoms with E-state index in [0.29, 0.717) is 28.6 Å². The summed E-state index contributed by atoms with van der Waals surface area (Å²) in [6, 6.07) is 9.12. The Morgan fingerprint density at radius 3 is 2.68 bits per heavy atom. The number of thiazole rings is 1. The molecule has 0 bridgehead atoms. The Hall–Kier alpha value is -2.93. The Bertz CT molecular complexity index is 1040. The summed E-state index contributed by atoms with van der Waals surface area (Å²) in [5.74, 6) is 0.0415. The third-order valence-electron chi connectivity index (χ3n) is 4.27. The van der Waals surface area contributed by atoms with Crippen LogP contribution in [0.2, 0.25) is 0 Å². The van der Waals surface area contributed by atoms with E-state index in [2.05, 4.69) is 16.4 Å². The summed E-state index contributed by atoms with van der Waals surface area (Å²) in [6.45, 7) is 7.95. The van der Waals surface area contributed by atoms with Crippen molar-refractivity contribution in [1.29, 1.82) is 0 Å². The van der Waals surface area contributed by atoms with Gasteiger partial charge in [0.15, 0.2) is 11.7 Å². The van der Waals surface area contributed by atoms with E-state index in [0.717, 1.165) is 21.4 Å². The fourth-order valence-electron chi connectivity index (χ4n) is 2.77. The molecule has 0 aliphatic rings. The monoisotopic (exact) mass is 398 g/mol. The van der Waals surface area contributed by atoms with E-state index in [1.165, 1.54) is 11.3 Å². The maximum Gasteiger partial charge on any atom is 0.338 e. The van der Waals surface area contributed by atoms with Gasteiger partial charge >= 0.3 is 5.97 Å². The molecule has 1 amide bonds. The van der Waals surface area contributed by atoms with E-state index in [1.54, 1.807) is 25.1 Å². The van der Waals surface area contributed by atoms with Crippen molar-refractivity contribution in [1.82, 2.24) is 4.98 Å². The third kappa shape index (κ3) is 4.48. The zero-order valence-corrected chi connectivity index (χ0v) is 17.1. The number of hydrogen-bond donors (Lipinski definition) is 1. The summed E-state index contributed by atoms with van der Waals surface area (Å²) >= 11 is 1.30. The second-order valence-corrected chi connectivity index (χ2v) is 7.49. The first-order chi connectivity index (χ1) is 13.4. The highest BCUT2D eigenvalue weighted by atomic mass is 32.1. The number of benzene rings is 2. The molecule has 3 rings (SSSR count). The van der Waals surface area contributed by atoms with Gasteiger partial charge in [0.2, 0.25) is 0 Å². The molecule has 7 heteroatoms. The lowest BCUT2D eigenvalue weighted by atomic mass is 10.1. The molecule has 0 saturated heterocycles. The number of esters is 1. The summed E-state index contributed by atoms with van der Waals surface area (Å²) in [4.78, 5) is 28.5. The third-order valence-corrected chi connectivity index (χ3v) is 5.20. The number of carbonyl (C=O) groups excluding carboxylic acids is 2. The number of rotatable bonds is 6. The molecule has 0 aliphatic heterocycles. The molecule has 0 radical (unpaired) electrons. The number of nitrogens with zero attached hydrogens (tertiary/aromatic N) is 1. The van der Waals surface area contributed by atoms with Gasteiger partial charge in [-0.3, -0.25) is 10.1 Å². The molecule has 3 aromatic rings. The second-order valence-electron chi connectivity index (χ2n) is 6.46. The second kappa shape index (κ2) is 8.39. The molecule has 1 N–H and O–H groups in total. The molecular weight excluding hydrogens is 376 g/mol. The Morgan fingerprint density at radius 2 is 1.93 bits per heavy atom. The van der Waals surface area contributed by atoms with E-state index in [1.807, 2.05) is 26.8 Å². The summed E-state index contributed by atoms with van der Waals surface area (Å²) in [5.41, 5.74) is 4.40. The lowest BCUT2D eigenvalue weighted by molar-refractivity contribution is -0.118. The van der Waals surface area contributed by atoms with Gasteiger partial charge in [-0.15, -0.1) is 0 Å². The van der Waals surface area contributed by atoms with Gasteiger partial charge in [0, 0.05) is 0 Å². The van der Waals surface area contributed by atoms with Crippen molar-refractivity contribution in [3.8, 4) is 5.75 Å². The molecule has 0 fully saturated rings. The van der Waals surface area contributed by atoms with Crippen LogP contribution in [-0.2, 0) is 9.53 Å². The first-order valence-corrected chi connectivity index (χ1v) is 9.77. The van der Waals surface area contributed by atoms with Crippen LogP contribution < -0.4 is 10.1 Å². The van der Waals surface area contributed by atoms with E-state index in [4.69, 9.17) is 9.47 Å². The minimum Gasteiger partial charge on any atom is -0.483 e. The van der Waals surface area contributed by atoms with Gasteiger partial charge in [-0.25, -0.2) is 9.78 Å². The molecule has 0 atom stereocenters. The van der Waals surface area contributed by atoms with Gasteiger partial charge < -0.3 is 9.47 Å². The number of aryl methyl sites for hydroxylation is 2. The van der Waals surface area contributed by atoms with Crippen molar-refractivity contribution in [2.24, 2.45) is 0 Å². The Balaban J connectivity index is 1.67. The first kappa shape index (κ1) is 19.8. The lowest BCUT2D eigenvalue weighted by Crippen LogP contribution is -2.20. The highest BCUT2D eigenvalue weighted by molar-refractivity contribution is 7.22. The van der Waals surface area contributed by atoms with Gasteiger partial charge in [0.25, 0.3) is 5.91 Å². The fraction of sp³-hybridized carbons (Fsp3) is 0.286. The topological polar surface area (TPSA) is 77.5 Å². The highest BCUT2D eigenvalue weighted by Gasteiger charge is 2.13. The minimum atomic E-state index is -0.374. The number of amides is 1. The number of aromatic nitrogens is 1. The van der Waals surface area contributed by atoms with Crippen LogP contribution in [0.3, 0.4) is 0 Å². The van der Waals surface area contributed by atoms with Crippen molar-refractivity contribution < 1.29 is 19.1 Å². The predicted octanol–water partition coefficient (Wildman–Crippen LogP) is 4.42. The minimum absolute atomic E-state index is 0.103. The smallest absolute Gasteiger partial charge is 0.338 e. The van der Waals surface area contributed by atoms with Crippen LogP contribution in [0.25, 0.3) is 10.2 Å². The molecule has 0 saturated carbocycles. The molecule has 0 spiro atoms. The Morgan fingerprint density at radius 1 is 1.14 bits per heavy atom. The van der Waals surface area contributed by atoms with E-state index >= 15 is 0 Å². The number of ether oxygens (including phenoxy) is 2. The molecule has 6 nitrogen and oxygen atoms in total. The highest BCUT2D eigenvalue weighted by Crippen LogP contribution is 2.27. The molecule has 146 valence electrons. The average Bonchev–Trinajstić information content (AvgIpc) is 3.04. The van der Waals surface area contributed by atoms with Crippen LogP contribution in [0.4, 0.5) is 5.13 Å². The maximum atomic E-state index is 12.3. The van der Waals surface area contributed by atoms with Crippen LogP contribution in [-0.4, -0.2) is 30.1 Å². The van der Waals surface area contributed by atoms with Crippen molar-refractivity contribution in [3.05, 3.63) is 52.6 Å². The zero-order valence-electron chi connectivity index (χ0n) is 16.3. The van der Waals surface area contributed by atoms with Crippen LogP contribution in [0.1, 0.15) is 34.0 Å². The molecule has 2 aromatic carbocycles. The predicted molar refractivity (Wildman–Crippen MR) is 110 cm³/mol. The lowest BCUT2D eigenvalue weighted by Gasteiger charge is -2.11. The van der Waals surface area contributed by atoms with E-state index < -0.39 is 0 Å². The Labute approximate surface area is 167 Å². The van der Waals surface area contributed by atoms with Crippen LogP contribution in [0, 0.1) is 20.8 Å². The summed E-state index contributed by atoms with van der Waals surface area (Å²) in [5, 5.41) is 3.21. The average molecular weight is 398 g/mol. The SMILES string of the molecule is CCOC(=O)c1ccc2nc(NC(=O)COc3cc(C)cc(C)c3C)sc2c1. The number of carbonyl (C=O) groups is 2. The van der Waals surface area contributed by atoms with Gasteiger partial charge in [-0.2, -0.15) is 0 Å². The quantitative estimate of drug-likeness (QED) is 0.622. The number of nitrogens with one attached hydrogen (secondary N) is 1. The molecular formula is C21H22N2O4S. The van der Waals surface area contributed by atoms with Crippen molar-refractivity contribution in [2.45, 2.75) is 27.7 Å². The van der Waals surface area contributed by atoms with Crippen LogP contribution >= 0.6 is 11.3 Å². The standard InChI is InChI=1S/C21H22N2O4S/c1-5-26-20(25)15-6-7-16-18(10-15)28-21(22-16)23-19(24)11-27-17-9-12(2)8-13(3)14(17)4/h6-10H,5,11H2,1-4H3,(H,22,23,24). The van der Waals surface area contributed by atoms with E-state index in [9.17, 15) is 9.59 Å². The molecule has 0 aliphatic carbocycles. The number of fused-ring (bicyclic) bond motifs is 1. The van der Waals surface area contributed by atoms with Crippen molar-refractivity contribution in [2.75, 3.05) is 18.5 Å². The molecule has 28 heavy (non-hydrogen) atoms. The van der Waals surface area contributed by atoms with Gasteiger partial charge in [-0.05, 0) is 68.7 Å². The Kier molecular flexibility index (Phi) is 5.94. The summed E-state index contributed by atoms with van der Waals surface area (Å²) in [7, 11) is 0. The molecule has 0 unspecified atom stereocenters.